The first-order valence-electron chi connectivity index (χ1n) is 7.43. The minimum absolute atomic E-state index is 0.115. The Morgan fingerprint density at radius 2 is 1.84 bits per heavy atom. The highest BCUT2D eigenvalue weighted by atomic mass is 32.2. The van der Waals surface area contributed by atoms with E-state index in [0.29, 0.717) is 17.9 Å². The molecule has 0 heterocycles. The average molecular weight is 362 g/mol. The van der Waals surface area contributed by atoms with Crippen molar-refractivity contribution in [1.29, 1.82) is 0 Å². The van der Waals surface area contributed by atoms with Crippen LogP contribution >= 0.6 is 0 Å². The molecule has 0 saturated carbocycles. The van der Waals surface area contributed by atoms with Gasteiger partial charge >= 0.3 is 0 Å². The molecule has 0 aliphatic rings. The Bertz CT molecular complexity index is 863. The summed E-state index contributed by atoms with van der Waals surface area (Å²) in [6.07, 6.45) is 1.98. The zero-order valence-corrected chi connectivity index (χ0v) is 14.5. The van der Waals surface area contributed by atoms with Crippen molar-refractivity contribution in [1.82, 2.24) is 0 Å². The summed E-state index contributed by atoms with van der Waals surface area (Å²) >= 11 is 0. The van der Waals surface area contributed by atoms with E-state index in [4.69, 9.17) is 4.74 Å². The number of nitro benzene ring substituents is 1. The zero-order valence-electron chi connectivity index (χ0n) is 13.7. The van der Waals surface area contributed by atoms with Crippen molar-refractivity contribution in [2.75, 3.05) is 18.0 Å². The highest BCUT2D eigenvalue weighted by molar-refractivity contribution is 7.93. The van der Waals surface area contributed by atoms with Crippen molar-refractivity contribution < 1.29 is 18.1 Å². The van der Waals surface area contributed by atoms with Gasteiger partial charge in [0.2, 0.25) is 0 Å². The smallest absolute Gasteiger partial charge is 0.289 e. The Morgan fingerprint density at radius 1 is 1.20 bits per heavy atom. The molecule has 8 heteroatoms. The van der Waals surface area contributed by atoms with Gasteiger partial charge < -0.3 is 4.74 Å². The van der Waals surface area contributed by atoms with Crippen LogP contribution in [0.1, 0.15) is 6.42 Å². The van der Waals surface area contributed by atoms with Crippen molar-refractivity contribution in [3.05, 3.63) is 71.3 Å². The molecular weight excluding hydrogens is 344 g/mol. The van der Waals surface area contributed by atoms with Crippen LogP contribution in [-0.2, 0) is 10.0 Å². The minimum atomic E-state index is -4.12. The number of para-hydroxylation sites is 1. The van der Waals surface area contributed by atoms with Gasteiger partial charge in [0, 0.05) is 12.6 Å². The number of hydrogen-bond donors (Lipinski definition) is 0. The van der Waals surface area contributed by atoms with Crippen LogP contribution in [0.25, 0.3) is 0 Å². The average Bonchev–Trinajstić information content (AvgIpc) is 2.62. The van der Waals surface area contributed by atoms with Gasteiger partial charge in [-0.3, -0.25) is 14.4 Å². The Kier molecular flexibility index (Phi) is 5.76. The molecule has 0 saturated heterocycles. The topological polar surface area (TPSA) is 89.8 Å². The van der Waals surface area contributed by atoms with Crippen LogP contribution in [0, 0.1) is 10.1 Å². The van der Waals surface area contributed by atoms with E-state index in [1.165, 1.54) is 31.4 Å². The number of hydrogen-bond acceptors (Lipinski definition) is 5. The lowest BCUT2D eigenvalue weighted by atomic mass is 10.3. The minimum Gasteiger partial charge on any atom is -0.497 e. The number of methoxy groups -OCH3 is 1. The van der Waals surface area contributed by atoms with Crippen LogP contribution in [0.3, 0.4) is 0 Å². The first-order valence-corrected chi connectivity index (χ1v) is 8.87. The summed E-state index contributed by atoms with van der Waals surface area (Å²) in [6.45, 7) is 3.72. The number of ether oxygens (including phenoxy) is 1. The zero-order chi connectivity index (χ0) is 18.4. The molecule has 0 fully saturated rings. The first kappa shape index (κ1) is 18.5. The molecule has 132 valence electrons. The summed E-state index contributed by atoms with van der Waals surface area (Å²) < 4.78 is 32.4. The Balaban J connectivity index is 2.55. The standard InChI is InChI=1S/C17H18N2O5S/c1-3-4-13-18(14-9-11-15(24-2)12-10-14)25(22,23)17-8-6-5-7-16(17)19(20)21/h3,5-12H,1,4,13H2,2H3. The molecule has 0 aromatic heterocycles. The SMILES string of the molecule is C=CCCN(c1ccc(OC)cc1)S(=O)(=O)c1ccccc1[N+](=O)[O-]. The lowest BCUT2D eigenvalue weighted by molar-refractivity contribution is -0.387. The summed E-state index contributed by atoms with van der Waals surface area (Å²) in [7, 11) is -2.61. The van der Waals surface area contributed by atoms with E-state index in [1.807, 2.05) is 0 Å². The van der Waals surface area contributed by atoms with Crippen LogP contribution in [0.2, 0.25) is 0 Å². The molecule has 7 nitrogen and oxygen atoms in total. The third-order valence-corrected chi connectivity index (χ3v) is 5.40. The van der Waals surface area contributed by atoms with Crippen molar-refractivity contribution in [2.45, 2.75) is 11.3 Å². The second-order valence-electron chi connectivity index (χ2n) is 5.08. The molecule has 2 rings (SSSR count). The fourth-order valence-electron chi connectivity index (χ4n) is 2.29. The lowest BCUT2D eigenvalue weighted by Crippen LogP contribution is -2.32. The van der Waals surface area contributed by atoms with Gasteiger partial charge in [-0.05, 0) is 36.8 Å². The van der Waals surface area contributed by atoms with Gasteiger partial charge in [0.15, 0.2) is 4.90 Å². The third kappa shape index (κ3) is 3.97. The van der Waals surface area contributed by atoms with E-state index in [1.54, 1.807) is 30.3 Å². The highest BCUT2D eigenvalue weighted by Gasteiger charge is 2.31. The molecule has 2 aromatic rings. The molecule has 0 N–H and O–H groups in total. The van der Waals surface area contributed by atoms with Crippen LogP contribution in [0.5, 0.6) is 5.75 Å². The van der Waals surface area contributed by atoms with Crippen LogP contribution in [-0.4, -0.2) is 27.0 Å². The molecule has 0 aliphatic heterocycles. The normalized spacial score (nSPS) is 10.9. The van der Waals surface area contributed by atoms with E-state index in [0.717, 1.165) is 4.31 Å². The summed E-state index contributed by atoms with van der Waals surface area (Å²) in [5.74, 6) is 0.579. The molecule has 0 spiro atoms. The van der Waals surface area contributed by atoms with Crippen LogP contribution < -0.4 is 9.04 Å². The number of nitro groups is 1. The molecule has 0 atom stereocenters. The van der Waals surface area contributed by atoms with Gasteiger partial charge in [-0.1, -0.05) is 18.2 Å². The largest absolute Gasteiger partial charge is 0.497 e. The Labute approximate surface area is 146 Å². The van der Waals surface area contributed by atoms with E-state index in [2.05, 4.69) is 6.58 Å². The Hall–Kier alpha value is -2.87. The maximum Gasteiger partial charge on any atom is 0.289 e. The highest BCUT2D eigenvalue weighted by Crippen LogP contribution is 2.30. The fourth-order valence-corrected chi connectivity index (χ4v) is 3.93. The molecule has 25 heavy (non-hydrogen) atoms. The number of benzene rings is 2. The summed E-state index contributed by atoms with van der Waals surface area (Å²) in [5.41, 5.74) is -0.0691. The molecule has 0 amide bonds. The predicted octanol–water partition coefficient (Wildman–Crippen LogP) is 3.37. The molecule has 2 aromatic carbocycles. The molecule has 0 bridgehead atoms. The number of sulfonamides is 1. The number of rotatable bonds is 8. The van der Waals surface area contributed by atoms with Gasteiger partial charge in [-0.2, -0.15) is 0 Å². The monoisotopic (exact) mass is 362 g/mol. The van der Waals surface area contributed by atoms with Gasteiger partial charge in [0.05, 0.1) is 17.7 Å². The van der Waals surface area contributed by atoms with E-state index in [-0.39, 0.29) is 11.4 Å². The Morgan fingerprint density at radius 3 is 2.40 bits per heavy atom. The number of nitrogens with zero attached hydrogens (tertiary/aromatic N) is 2. The fraction of sp³-hybridized carbons (Fsp3) is 0.176. The predicted molar refractivity (Wildman–Crippen MR) is 95.4 cm³/mol. The van der Waals surface area contributed by atoms with Crippen LogP contribution in [0.15, 0.2) is 66.1 Å². The van der Waals surface area contributed by atoms with Crippen LogP contribution in [0.4, 0.5) is 11.4 Å². The first-order chi connectivity index (χ1) is 11.9. The van der Waals surface area contributed by atoms with Gasteiger partial charge in [-0.15, -0.1) is 6.58 Å². The van der Waals surface area contributed by atoms with Crippen molar-refractivity contribution in [3.8, 4) is 5.75 Å². The second kappa shape index (κ2) is 7.80. The van der Waals surface area contributed by atoms with Gasteiger partial charge in [-0.25, -0.2) is 8.42 Å². The summed E-state index contributed by atoms with van der Waals surface area (Å²) in [6, 6.07) is 11.7. The molecule has 0 unspecified atom stereocenters. The third-order valence-electron chi connectivity index (χ3n) is 3.53. The van der Waals surface area contributed by atoms with E-state index >= 15 is 0 Å². The van der Waals surface area contributed by atoms with Crippen molar-refractivity contribution >= 4 is 21.4 Å². The summed E-state index contributed by atoms with van der Waals surface area (Å²) in [5, 5.41) is 11.2. The maximum absolute atomic E-state index is 13.1. The maximum atomic E-state index is 13.1. The summed E-state index contributed by atoms with van der Waals surface area (Å²) in [4.78, 5) is 10.2. The second-order valence-corrected chi connectivity index (χ2v) is 6.91. The van der Waals surface area contributed by atoms with Gasteiger partial charge in [0.1, 0.15) is 5.75 Å². The van der Waals surface area contributed by atoms with E-state index < -0.39 is 20.6 Å². The van der Waals surface area contributed by atoms with Crippen molar-refractivity contribution in [3.63, 3.8) is 0 Å². The van der Waals surface area contributed by atoms with Gasteiger partial charge in [0.25, 0.3) is 15.7 Å². The quantitative estimate of drug-likeness (QED) is 0.408. The van der Waals surface area contributed by atoms with E-state index in [9.17, 15) is 18.5 Å². The number of anilines is 1. The molecule has 0 radical (unpaired) electrons. The van der Waals surface area contributed by atoms with Crippen molar-refractivity contribution in [2.24, 2.45) is 0 Å². The molecular formula is C17H18N2O5S. The molecule has 0 aliphatic carbocycles. The lowest BCUT2D eigenvalue weighted by Gasteiger charge is -2.24.